The van der Waals surface area contributed by atoms with Gasteiger partial charge < -0.3 is 20.1 Å². The number of nitrogens with zero attached hydrogens (tertiary/aromatic N) is 4. The summed E-state index contributed by atoms with van der Waals surface area (Å²) < 4.78 is 12.2. The lowest BCUT2D eigenvalue weighted by Gasteiger charge is -2.14. The second-order valence-electron chi connectivity index (χ2n) is 5.52. The van der Waals surface area contributed by atoms with E-state index in [2.05, 4.69) is 25.7 Å². The Hall–Kier alpha value is -3.62. The first-order chi connectivity index (χ1) is 13.2. The minimum Gasteiger partial charge on any atom is -0.493 e. The predicted molar refractivity (Wildman–Crippen MR) is 97.8 cm³/mol. The second-order valence-corrected chi connectivity index (χ2v) is 5.52. The van der Waals surface area contributed by atoms with Crippen LogP contribution in [0.1, 0.15) is 11.1 Å². The number of ether oxygens (including phenoxy) is 2. The zero-order valence-electron chi connectivity index (χ0n) is 15.0. The summed E-state index contributed by atoms with van der Waals surface area (Å²) in [6.07, 6.45) is 4.65. The molecule has 0 unspecified atom stereocenters. The number of rotatable bonds is 7. The minimum absolute atomic E-state index is 0.296. The molecule has 0 bridgehead atoms. The van der Waals surface area contributed by atoms with Crippen molar-refractivity contribution in [3.05, 3.63) is 60.3 Å². The number of hydrogen-bond donors (Lipinski definition) is 2. The predicted octanol–water partition coefficient (Wildman–Crippen LogP) is 1.68. The number of hydrogen-bond acceptors (Lipinski definition) is 6. The molecule has 0 spiro atoms. The molecule has 140 valence electrons. The van der Waals surface area contributed by atoms with E-state index in [1.54, 1.807) is 43.6 Å². The lowest BCUT2D eigenvalue weighted by molar-refractivity contribution is 0.240. The fourth-order valence-corrected chi connectivity index (χ4v) is 2.60. The van der Waals surface area contributed by atoms with Gasteiger partial charge in [0.05, 0.1) is 14.2 Å². The van der Waals surface area contributed by atoms with Crippen molar-refractivity contribution >= 4 is 6.03 Å². The Morgan fingerprint density at radius 3 is 2.56 bits per heavy atom. The van der Waals surface area contributed by atoms with E-state index in [4.69, 9.17) is 9.47 Å². The molecule has 0 saturated carbocycles. The fourth-order valence-electron chi connectivity index (χ4n) is 2.60. The fraction of sp³-hybridized carbons (Fsp3) is 0.222. The summed E-state index contributed by atoms with van der Waals surface area (Å²) >= 11 is 0. The van der Waals surface area contributed by atoms with Gasteiger partial charge in [0.25, 0.3) is 0 Å². The molecule has 2 N–H and O–H groups in total. The van der Waals surface area contributed by atoms with Crippen molar-refractivity contribution in [3.8, 4) is 17.3 Å². The highest BCUT2D eigenvalue weighted by Crippen LogP contribution is 2.30. The topological polar surface area (TPSA) is 103 Å². The molecule has 3 rings (SSSR count). The molecule has 27 heavy (non-hydrogen) atoms. The first kappa shape index (κ1) is 18.2. The van der Waals surface area contributed by atoms with Crippen LogP contribution in [-0.4, -0.2) is 40.0 Å². The zero-order chi connectivity index (χ0) is 19.1. The number of pyridine rings is 1. The van der Waals surface area contributed by atoms with Crippen LogP contribution < -0.4 is 20.1 Å². The monoisotopic (exact) mass is 368 g/mol. The lowest BCUT2D eigenvalue weighted by Crippen LogP contribution is -2.35. The SMILES string of the molecule is COc1cccc(CNC(=O)NCc2cccnc2-n2cncn2)c1OC. The number of benzene rings is 1. The third-order valence-electron chi connectivity index (χ3n) is 3.87. The molecule has 2 aromatic heterocycles. The Bertz CT molecular complexity index is 898. The van der Waals surface area contributed by atoms with Gasteiger partial charge in [0.1, 0.15) is 12.7 Å². The molecule has 0 saturated heterocycles. The van der Waals surface area contributed by atoms with Crippen LogP contribution in [0.25, 0.3) is 5.82 Å². The molecule has 0 aliphatic rings. The van der Waals surface area contributed by atoms with E-state index in [-0.39, 0.29) is 6.03 Å². The molecule has 9 heteroatoms. The van der Waals surface area contributed by atoms with Gasteiger partial charge in [-0.1, -0.05) is 18.2 Å². The van der Waals surface area contributed by atoms with Gasteiger partial charge in [-0.15, -0.1) is 0 Å². The summed E-state index contributed by atoms with van der Waals surface area (Å²) in [5, 5.41) is 9.70. The number of amides is 2. The van der Waals surface area contributed by atoms with E-state index in [0.717, 1.165) is 11.1 Å². The summed E-state index contributed by atoms with van der Waals surface area (Å²) in [6, 6.07) is 8.87. The number of urea groups is 1. The van der Waals surface area contributed by atoms with Gasteiger partial charge in [-0.2, -0.15) is 5.10 Å². The Balaban J connectivity index is 1.60. The van der Waals surface area contributed by atoms with Crippen molar-refractivity contribution in [2.24, 2.45) is 0 Å². The van der Waals surface area contributed by atoms with Crippen LogP contribution >= 0.6 is 0 Å². The largest absolute Gasteiger partial charge is 0.493 e. The Morgan fingerprint density at radius 1 is 1.07 bits per heavy atom. The lowest BCUT2D eigenvalue weighted by atomic mass is 10.2. The van der Waals surface area contributed by atoms with Gasteiger partial charge in [0.15, 0.2) is 17.3 Å². The van der Waals surface area contributed by atoms with Crippen LogP contribution in [0.15, 0.2) is 49.2 Å². The molecule has 0 fully saturated rings. The summed E-state index contributed by atoms with van der Waals surface area (Å²) in [4.78, 5) is 20.4. The van der Waals surface area contributed by atoms with Crippen LogP contribution in [-0.2, 0) is 13.1 Å². The van der Waals surface area contributed by atoms with Crippen molar-refractivity contribution in [3.63, 3.8) is 0 Å². The van der Waals surface area contributed by atoms with Gasteiger partial charge in [0.2, 0.25) is 0 Å². The maximum absolute atomic E-state index is 12.2. The van der Waals surface area contributed by atoms with Crippen molar-refractivity contribution in [1.82, 2.24) is 30.4 Å². The van der Waals surface area contributed by atoms with Gasteiger partial charge in [-0.3, -0.25) is 0 Å². The molecule has 9 nitrogen and oxygen atoms in total. The molecule has 0 aliphatic carbocycles. The molecule has 2 amide bonds. The van der Waals surface area contributed by atoms with E-state index in [1.807, 2.05) is 18.2 Å². The molecule has 0 atom stereocenters. The molecular formula is C18H20N6O3. The van der Waals surface area contributed by atoms with E-state index >= 15 is 0 Å². The first-order valence-corrected chi connectivity index (χ1v) is 8.23. The third kappa shape index (κ3) is 4.32. The number of methoxy groups -OCH3 is 2. The molecule has 0 radical (unpaired) electrons. The zero-order valence-corrected chi connectivity index (χ0v) is 15.0. The van der Waals surface area contributed by atoms with Crippen LogP contribution in [0.4, 0.5) is 4.79 Å². The number of aromatic nitrogens is 4. The summed E-state index contributed by atoms with van der Waals surface area (Å²) in [5.41, 5.74) is 1.63. The molecular weight excluding hydrogens is 348 g/mol. The third-order valence-corrected chi connectivity index (χ3v) is 3.87. The quantitative estimate of drug-likeness (QED) is 0.658. The van der Waals surface area contributed by atoms with Crippen LogP contribution in [0.3, 0.4) is 0 Å². The molecule has 1 aromatic carbocycles. The van der Waals surface area contributed by atoms with Gasteiger partial charge in [-0.25, -0.2) is 19.4 Å². The van der Waals surface area contributed by atoms with Crippen LogP contribution in [0.2, 0.25) is 0 Å². The van der Waals surface area contributed by atoms with Gasteiger partial charge in [-0.05, 0) is 12.1 Å². The first-order valence-electron chi connectivity index (χ1n) is 8.23. The van der Waals surface area contributed by atoms with Gasteiger partial charge >= 0.3 is 6.03 Å². The van der Waals surface area contributed by atoms with E-state index in [9.17, 15) is 4.79 Å². The Kier molecular flexibility index (Phi) is 5.83. The van der Waals surface area contributed by atoms with Crippen molar-refractivity contribution in [1.29, 1.82) is 0 Å². The number of nitrogens with one attached hydrogen (secondary N) is 2. The molecule has 0 aliphatic heterocycles. The highest BCUT2D eigenvalue weighted by atomic mass is 16.5. The number of para-hydroxylation sites is 1. The molecule has 3 aromatic rings. The van der Waals surface area contributed by atoms with Crippen molar-refractivity contribution in [2.75, 3.05) is 14.2 Å². The smallest absolute Gasteiger partial charge is 0.315 e. The van der Waals surface area contributed by atoms with E-state index in [1.165, 1.54) is 6.33 Å². The Morgan fingerprint density at radius 2 is 1.85 bits per heavy atom. The van der Waals surface area contributed by atoms with Crippen LogP contribution in [0.5, 0.6) is 11.5 Å². The summed E-state index contributed by atoms with van der Waals surface area (Å²) in [5.74, 6) is 1.83. The standard InChI is InChI=1S/C18H20N6O3/c1-26-15-7-3-5-13(16(15)27-2)9-21-18(25)22-10-14-6-4-8-20-17(14)24-12-19-11-23-24/h3-8,11-12H,9-10H2,1-2H3,(H2,21,22,25). The Labute approximate surface area is 156 Å². The molecule has 2 heterocycles. The van der Waals surface area contributed by atoms with E-state index < -0.39 is 0 Å². The average molecular weight is 368 g/mol. The maximum atomic E-state index is 12.2. The number of carbonyl (C=O) groups is 1. The van der Waals surface area contributed by atoms with Gasteiger partial charge in [0, 0.05) is 30.4 Å². The van der Waals surface area contributed by atoms with E-state index in [0.29, 0.717) is 30.4 Å². The van der Waals surface area contributed by atoms with Crippen molar-refractivity contribution < 1.29 is 14.3 Å². The highest BCUT2D eigenvalue weighted by Gasteiger charge is 2.11. The second kappa shape index (κ2) is 8.65. The number of carbonyl (C=O) groups excluding carboxylic acids is 1. The van der Waals surface area contributed by atoms with Crippen molar-refractivity contribution in [2.45, 2.75) is 13.1 Å². The minimum atomic E-state index is -0.312. The summed E-state index contributed by atoms with van der Waals surface area (Å²) in [7, 11) is 3.14. The maximum Gasteiger partial charge on any atom is 0.315 e. The normalized spacial score (nSPS) is 10.3. The average Bonchev–Trinajstić information content (AvgIpc) is 3.25. The highest BCUT2D eigenvalue weighted by molar-refractivity contribution is 5.74. The summed E-state index contributed by atoms with van der Waals surface area (Å²) in [6.45, 7) is 0.597. The van der Waals surface area contributed by atoms with Crippen LogP contribution in [0, 0.1) is 0 Å².